The zero-order valence-corrected chi connectivity index (χ0v) is 10.8. The van der Waals surface area contributed by atoms with Gasteiger partial charge in [-0.25, -0.2) is 0 Å². The number of methoxy groups -OCH3 is 1. The van der Waals surface area contributed by atoms with Gasteiger partial charge in [0.2, 0.25) is 5.91 Å². The summed E-state index contributed by atoms with van der Waals surface area (Å²) in [5.41, 5.74) is 0.512. The number of benzene rings is 1. The Morgan fingerprint density at radius 2 is 2.21 bits per heavy atom. The van der Waals surface area contributed by atoms with Gasteiger partial charge in [0, 0.05) is 11.6 Å². The minimum atomic E-state index is -0.00647. The van der Waals surface area contributed by atoms with E-state index in [2.05, 4.69) is 5.32 Å². The normalized spacial score (nSPS) is 13.7. The molecule has 0 heterocycles. The van der Waals surface area contributed by atoms with E-state index in [0.717, 1.165) is 19.1 Å². The molecule has 1 aliphatic carbocycles. The second kappa shape index (κ2) is 6.22. The Hall–Kier alpha value is -2.04. The Bertz CT molecular complexity index is 469. The van der Waals surface area contributed by atoms with Crippen LogP contribution in [0.3, 0.4) is 0 Å². The van der Waals surface area contributed by atoms with Gasteiger partial charge in [0.15, 0.2) is 11.5 Å². The molecule has 1 aliphatic rings. The van der Waals surface area contributed by atoms with Crippen molar-refractivity contribution in [3.05, 3.63) is 23.8 Å². The molecule has 2 rings (SSSR count). The Morgan fingerprint density at radius 3 is 2.84 bits per heavy atom. The van der Waals surface area contributed by atoms with E-state index in [1.807, 2.05) is 0 Å². The van der Waals surface area contributed by atoms with Crippen molar-refractivity contribution >= 4 is 12.2 Å². The molecule has 0 bridgehead atoms. The molecule has 0 radical (unpaired) electrons. The lowest BCUT2D eigenvalue weighted by Gasteiger charge is -2.11. The first kappa shape index (κ1) is 13.4. The summed E-state index contributed by atoms with van der Waals surface area (Å²) in [6.45, 7) is 0.261. The van der Waals surface area contributed by atoms with Crippen molar-refractivity contribution in [2.45, 2.75) is 25.3 Å². The second-order valence-corrected chi connectivity index (χ2v) is 4.47. The predicted molar refractivity (Wildman–Crippen MR) is 69.7 cm³/mol. The van der Waals surface area contributed by atoms with E-state index >= 15 is 0 Å². The van der Waals surface area contributed by atoms with Gasteiger partial charge in [0.1, 0.15) is 6.29 Å². The van der Waals surface area contributed by atoms with Crippen molar-refractivity contribution in [3.63, 3.8) is 0 Å². The third-order valence-electron chi connectivity index (χ3n) is 2.85. The predicted octanol–water partition coefficient (Wildman–Crippen LogP) is 1.56. The number of hydrogen-bond donors (Lipinski definition) is 1. The van der Waals surface area contributed by atoms with Crippen LogP contribution in [0.25, 0.3) is 0 Å². The van der Waals surface area contributed by atoms with Crippen LogP contribution < -0.4 is 14.8 Å². The van der Waals surface area contributed by atoms with Crippen LogP contribution in [0, 0.1) is 0 Å². The fraction of sp³-hybridized carbons (Fsp3) is 0.429. The highest BCUT2D eigenvalue weighted by atomic mass is 16.5. The molecule has 0 aromatic heterocycles. The molecule has 0 spiro atoms. The van der Waals surface area contributed by atoms with Crippen molar-refractivity contribution in [2.75, 3.05) is 13.7 Å². The molecule has 102 valence electrons. The van der Waals surface area contributed by atoms with Gasteiger partial charge >= 0.3 is 0 Å². The highest BCUT2D eigenvalue weighted by molar-refractivity contribution is 5.77. The Balaban J connectivity index is 1.86. The maximum absolute atomic E-state index is 11.5. The number of carbonyl (C=O) groups excluding carboxylic acids is 2. The summed E-state index contributed by atoms with van der Waals surface area (Å²) in [4.78, 5) is 22.2. The van der Waals surface area contributed by atoms with Crippen LogP contribution in [0.15, 0.2) is 18.2 Å². The topological polar surface area (TPSA) is 64.6 Å². The summed E-state index contributed by atoms with van der Waals surface area (Å²) < 4.78 is 10.6. The highest BCUT2D eigenvalue weighted by Gasteiger charge is 2.22. The molecule has 0 atom stereocenters. The number of aldehydes is 1. The SMILES string of the molecule is COc1ccc(C=O)cc1OCCC(=O)NC1CC1. The van der Waals surface area contributed by atoms with Gasteiger partial charge < -0.3 is 14.8 Å². The molecule has 1 N–H and O–H groups in total. The molecule has 1 fully saturated rings. The molecule has 5 nitrogen and oxygen atoms in total. The van der Waals surface area contributed by atoms with Gasteiger partial charge in [-0.2, -0.15) is 0 Å². The van der Waals surface area contributed by atoms with E-state index in [0.29, 0.717) is 29.5 Å². The first-order chi connectivity index (χ1) is 9.22. The van der Waals surface area contributed by atoms with Crippen molar-refractivity contribution in [2.24, 2.45) is 0 Å². The number of rotatable bonds is 7. The Morgan fingerprint density at radius 1 is 1.42 bits per heavy atom. The molecule has 19 heavy (non-hydrogen) atoms. The van der Waals surface area contributed by atoms with E-state index in [1.54, 1.807) is 18.2 Å². The van der Waals surface area contributed by atoms with Crippen LogP contribution in [0.5, 0.6) is 11.5 Å². The quantitative estimate of drug-likeness (QED) is 0.758. The molecule has 0 unspecified atom stereocenters. The molecule has 1 aromatic rings. The first-order valence-corrected chi connectivity index (χ1v) is 6.28. The molecular formula is C14H17NO4. The second-order valence-electron chi connectivity index (χ2n) is 4.47. The van der Waals surface area contributed by atoms with Crippen LogP contribution in [-0.2, 0) is 4.79 Å². The van der Waals surface area contributed by atoms with Crippen molar-refractivity contribution in [1.82, 2.24) is 5.32 Å². The van der Waals surface area contributed by atoms with E-state index < -0.39 is 0 Å². The van der Waals surface area contributed by atoms with Crippen LogP contribution in [-0.4, -0.2) is 32.0 Å². The number of hydrogen-bond acceptors (Lipinski definition) is 4. The summed E-state index contributed by atoms with van der Waals surface area (Å²) in [7, 11) is 1.53. The smallest absolute Gasteiger partial charge is 0.223 e. The van der Waals surface area contributed by atoms with Crippen LogP contribution in [0.1, 0.15) is 29.6 Å². The highest BCUT2D eigenvalue weighted by Crippen LogP contribution is 2.27. The summed E-state index contributed by atoms with van der Waals surface area (Å²) in [5, 5.41) is 2.88. The number of ether oxygens (including phenoxy) is 2. The van der Waals surface area contributed by atoms with Gasteiger partial charge in [-0.05, 0) is 31.0 Å². The summed E-state index contributed by atoms with van der Waals surface area (Å²) in [6.07, 6.45) is 3.18. The maximum atomic E-state index is 11.5. The zero-order valence-electron chi connectivity index (χ0n) is 10.8. The summed E-state index contributed by atoms with van der Waals surface area (Å²) in [5.74, 6) is 1.02. The average Bonchev–Trinajstić information content (AvgIpc) is 3.22. The van der Waals surface area contributed by atoms with Gasteiger partial charge in [0.25, 0.3) is 0 Å². The molecule has 0 aliphatic heterocycles. The van der Waals surface area contributed by atoms with Gasteiger partial charge in [-0.15, -0.1) is 0 Å². The number of carbonyl (C=O) groups is 2. The van der Waals surface area contributed by atoms with E-state index in [4.69, 9.17) is 9.47 Å². The lowest BCUT2D eigenvalue weighted by Crippen LogP contribution is -2.26. The lowest BCUT2D eigenvalue weighted by molar-refractivity contribution is -0.121. The zero-order chi connectivity index (χ0) is 13.7. The third kappa shape index (κ3) is 3.98. The molecule has 5 heteroatoms. The lowest BCUT2D eigenvalue weighted by atomic mass is 10.2. The first-order valence-electron chi connectivity index (χ1n) is 6.28. The molecule has 1 aromatic carbocycles. The summed E-state index contributed by atoms with van der Waals surface area (Å²) >= 11 is 0. The number of nitrogens with one attached hydrogen (secondary N) is 1. The summed E-state index contributed by atoms with van der Waals surface area (Å²) in [6, 6.07) is 5.28. The Kier molecular flexibility index (Phi) is 4.39. The van der Waals surface area contributed by atoms with Crippen molar-refractivity contribution in [3.8, 4) is 11.5 Å². The monoisotopic (exact) mass is 263 g/mol. The minimum Gasteiger partial charge on any atom is -0.493 e. The molecule has 1 saturated carbocycles. The van der Waals surface area contributed by atoms with Crippen LogP contribution in [0.2, 0.25) is 0 Å². The minimum absolute atomic E-state index is 0.00647. The third-order valence-corrected chi connectivity index (χ3v) is 2.85. The van der Waals surface area contributed by atoms with Gasteiger partial charge in [-0.3, -0.25) is 9.59 Å². The van der Waals surface area contributed by atoms with E-state index in [1.165, 1.54) is 7.11 Å². The largest absolute Gasteiger partial charge is 0.493 e. The Labute approximate surface area is 111 Å². The fourth-order valence-electron chi connectivity index (χ4n) is 1.66. The van der Waals surface area contributed by atoms with E-state index in [9.17, 15) is 9.59 Å². The standard InChI is InChI=1S/C14H17NO4/c1-18-12-5-2-10(9-16)8-13(12)19-7-6-14(17)15-11-3-4-11/h2,5,8-9,11H,3-4,6-7H2,1H3,(H,15,17). The fourth-order valence-corrected chi connectivity index (χ4v) is 1.66. The van der Waals surface area contributed by atoms with Gasteiger partial charge in [-0.1, -0.05) is 0 Å². The maximum Gasteiger partial charge on any atom is 0.223 e. The molecule has 0 saturated heterocycles. The van der Waals surface area contributed by atoms with Gasteiger partial charge in [0.05, 0.1) is 20.1 Å². The van der Waals surface area contributed by atoms with Crippen LogP contribution in [0.4, 0.5) is 0 Å². The van der Waals surface area contributed by atoms with Crippen molar-refractivity contribution < 1.29 is 19.1 Å². The molecular weight excluding hydrogens is 246 g/mol. The van der Waals surface area contributed by atoms with Crippen LogP contribution >= 0.6 is 0 Å². The number of amides is 1. The van der Waals surface area contributed by atoms with Crippen molar-refractivity contribution in [1.29, 1.82) is 0 Å². The van der Waals surface area contributed by atoms with E-state index in [-0.39, 0.29) is 12.5 Å². The molecule has 1 amide bonds. The average molecular weight is 263 g/mol.